The van der Waals surface area contributed by atoms with E-state index in [0.29, 0.717) is 0 Å². The fraction of sp³-hybridized carbons (Fsp3) is 0. The number of hydrogen-bond donors (Lipinski definition) is 0. The first kappa shape index (κ1) is 28.0. The maximum absolute atomic E-state index is 2.53. The lowest BCUT2D eigenvalue weighted by Crippen LogP contribution is -2.02. The quantitative estimate of drug-likeness (QED) is 0.180. The molecule has 3 heterocycles. The normalized spacial score (nSPS) is 11.9. The third-order valence-corrected chi connectivity index (χ3v) is 10.6. The average Bonchev–Trinajstić information content (AvgIpc) is 3.85. The van der Waals surface area contributed by atoms with Crippen molar-refractivity contribution < 1.29 is 0 Å². The number of fused-ring (bicyclic) bond motifs is 10. The average molecular weight is 650 g/mol. The number of para-hydroxylation sites is 5. The predicted molar refractivity (Wildman–Crippen MR) is 215 cm³/mol. The lowest BCUT2D eigenvalue weighted by Gasteiger charge is -2.16. The van der Waals surface area contributed by atoms with E-state index in [2.05, 4.69) is 202 Å². The van der Waals surface area contributed by atoms with Crippen molar-refractivity contribution in [3.05, 3.63) is 188 Å². The van der Waals surface area contributed by atoms with Gasteiger partial charge in [0, 0.05) is 43.7 Å². The van der Waals surface area contributed by atoms with Gasteiger partial charge in [0.1, 0.15) is 0 Å². The molecule has 0 fully saturated rings. The lowest BCUT2D eigenvalue weighted by molar-refractivity contribution is 1.12. The van der Waals surface area contributed by atoms with Crippen molar-refractivity contribution in [2.45, 2.75) is 0 Å². The largest absolute Gasteiger partial charge is 0.307 e. The van der Waals surface area contributed by atoms with Crippen molar-refractivity contribution in [2.24, 2.45) is 0 Å². The molecule has 0 amide bonds. The topological polar surface area (TPSA) is 14.8 Å². The molecule has 3 heteroatoms. The maximum atomic E-state index is 2.53. The van der Waals surface area contributed by atoms with Crippen LogP contribution in [-0.2, 0) is 0 Å². The van der Waals surface area contributed by atoms with Crippen LogP contribution in [0.5, 0.6) is 0 Å². The molecule has 11 aromatic rings. The van der Waals surface area contributed by atoms with E-state index in [0.717, 1.165) is 17.1 Å². The molecule has 0 N–H and O–H groups in total. The smallest absolute Gasteiger partial charge is 0.0789 e. The summed E-state index contributed by atoms with van der Waals surface area (Å²) in [6, 6.07) is 68.4. The molecule has 0 spiro atoms. The zero-order valence-corrected chi connectivity index (χ0v) is 27.7. The highest BCUT2D eigenvalue weighted by molar-refractivity contribution is 6.24. The summed E-state index contributed by atoms with van der Waals surface area (Å²) in [6.45, 7) is 0. The van der Waals surface area contributed by atoms with Crippen molar-refractivity contribution in [3.8, 4) is 28.2 Å². The molecule has 0 atom stereocenters. The van der Waals surface area contributed by atoms with Gasteiger partial charge in [0.05, 0.1) is 38.8 Å². The van der Waals surface area contributed by atoms with Crippen molar-refractivity contribution in [2.75, 3.05) is 0 Å². The monoisotopic (exact) mass is 649 g/mol. The van der Waals surface area contributed by atoms with Gasteiger partial charge in [-0.05, 0) is 59.7 Å². The van der Waals surface area contributed by atoms with Gasteiger partial charge in [-0.3, -0.25) is 0 Å². The van der Waals surface area contributed by atoms with Crippen molar-refractivity contribution in [3.63, 3.8) is 0 Å². The summed E-state index contributed by atoms with van der Waals surface area (Å²) in [5.74, 6) is 0. The van der Waals surface area contributed by atoms with E-state index in [9.17, 15) is 0 Å². The summed E-state index contributed by atoms with van der Waals surface area (Å²) in [6.07, 6.45) is 0. The Kier molecular flexibility index (Phi) is 5.96. The number of aromatic nitrogens is 3. The Labute approximate surface area is 294 Å². The van der Waals surface area contributed by atoms with Gasteiger partial charge in [0.25, 0.3) is 0 Å². The molecule has 0 radical (unpaired) electrons. The Bertz CT molecular complexity index is 3110. The third kappa shape index (κ3) is 4.00. The standard InChI is InChI=1S/C48H31N3/c1-3-14-32(15-4-1)33-26-28-35(29-27-33)49-42-22-10-7-18-36(42)39-21-13-25-45(46(39)49)51-44-24-12-9-20-38(44)41-31-30-40-37-19-8-11-23-43(37)50(47(40)48(41)51)34-16-5-2-6-17-34/h1-31H. The van der Waals surface area contributed by atoms with Gasteiger partial charge < -0.3 is 13.7 Å². The van der Waals surface area contributed by atoms with Crippen LogP contribution in [0.3, 0.4) is 0 Å². The molecule has 3 aromatic heterocycles. The van der Waals surface area contributed by atoms with Crippen LogP contribution >= 0.6 is 0 Å². The fourth-order valence-electron chi connectivity index (χ4n) is 8.48. The maximum Gasteiger partial charge on any atom is 0.0789 e. The van der Waals surface area contributed by atoms with Gasteiger partial charge >= 0.3 is 0 Å². The third-order valence-electron chi connectivity index (χ3n) is 10.6. The Balaban J connectivity index is 1.31. The summed E-state index contributed by atoms with van der Waals surface area (Å²) in [7, 11) is 0. The van der Waals surface area contributed by atoms with E-state index >= 15 is 0 Å². The Morgan fingerprint density at radius 1 is 0.235 bits per heavy atom. The molecule has 0 unspecified atom stereocenters. The summed E-state index contributed by atoms with van der Waals surface area (Å²) >= 11 is 0. The number of nitrogens with zero attached hydrogens (tertiary/aromatic N) is 3. The summed E-state index contributed by atoms with van der Waals surface area (Å²) in [4.78, 5) is 0. The molecular weight excluding hydrogens is 619 g/mol. The molecule has 0 saturated heterocycles. The van der Waals surface area contributed by atoms with E-state index in [-0.39, 0.29) is 0 Å². The van der Waals surface area contributed by atoms with Gasteiger partial charge in [-0.15, -0.1) is 0 Å². The minimum absolute atomic E-state index is 1.14. The summed E-state index contributed by atoms with van der Waals surface area (Å²) < 4.78 is 7.45. The number of rotatable bonds is 4. The minimum atomic E-state index is 1.14. The highest BCUT2D eigenvalue weighted by Crippen LogP contribution is 2.44. The van der Waals surface area contributed by atoms with E-state index in [4.69, 9.17) is 0 Å². The lowest BCUT2D eigenvalue weighted by atomic mass is 10.1. The fourth-order valence-corrected chi connectivity index (χ4v) is 8.48. The Hall–Kier alpha value is -6.84. The van der Waals surface area contributed by atoms with E-state index in [1.54, 1.807) is 0 Å². The summed E-state index contributed by atoms with van der Waals surface area (Å²) in [5.41, 5.74) is 13.1. The molecule has 8 aromatic carbocycles. The molecular formula is C48H31N3. The second-order valence-electron chi connectivity index (χ2n) is 13.3. The van der Waals surface area contributed by atoms with Gasteiger partial charge in [0.15, 0.2) is 0 Å². The number of benzene rings is 8. The second-order valence-corrected chi connectivity index (χ2v) is 13.3. The molecule has 0 bridgehead atoms. The van der Waals surface area contributed by atoms with Crippen LogP contribution in [-0.4, -0.2) is 13.7 Å². The van der Waals surface area contributed by atoms with Gasteiger partial charge in [-0.2, -0.15) is 0 Å². The van der Waals surface area contributed by atoms with Crippen LogP contribution in [0.4, 0.5) is 0 Å². The van der Waals surface area contributed by atoms with Crippen molar-refractivity contribution >= 4 is 65.4 Å². The van der Waals surface area contributed by atoms with E-state index in [1.165, 1.54) is 76.5 Å². The first-order valence-electron chi connectivity index (χ1n) is 17.5. The zero-order valence-electron chi connectivity index (χ0n) is 27.7. The second kappa shape index (κ2) is 10.8. The van der Waals surface area contributed by atoms with Crippen molar-refractivity contribution in [1.29, 1.82) is 0 Å². The van der Waals surface area contributed by atoms with Crippen molar-refractivity contribution in [1.82, 2.24) is 13.7 Å². The van der Waals surface area contributed by atoms with Crippen LogP contribution in [0.25, 0.3) is 93.6 Å². The zero-order chi connectivity index (χ0) is 33.5. The first-order chi connectivity index (χ1) is 25.3. The molecule has 0 saturated carbocycles. The van der Waals surface area contributed by atoms with Crippen LogP contribution in [0.15, 0.2) is 188 Å². The molecule has 0 aliphatic carbocycles. The van der Waals surface area contributed by atoms with Gasteiger partial charge in [-0.1, -0.05) is 140 Å². The predicted octanol–water partition coefficient (Wildman–Crippen LogP) is 12.6. The molecule has 11 rings (SSSR count). The van der Waals surface area contributed by atoms with E-state index in [1.807, 2.05) is 0 Å². The van der Waals surface area contributed by atoms with Crippen LogP contribution in [0.2, 0.25) is 0 Å². The molecule has 238 valence electrons. The molecule has 0 aliphatic rings. The summed E-state index contributed by atoms with van der Waals surface area (Å²) in [5, 5.41) is 7.45. The van der Waals surface area contributed by atoms with Crippen LogP contribution in [0.1, 0.15) is 0 Å². The number of hydrogen-bond acceptors (Lipinski definition) is 0. The molecule has 0 aliphatic heterocycles. The van der Waals surface area contributed by atoms with Gasteiger partial charge in [-0.25, -0.2) is 0 Å². The molecule has 51 heavy (non-hydrogen) atoms. The van der Waals surface area contributed by atoms with Crippen LogP contribution < -0.4 is 0 Å². The highest BCUT2D eigenvalue weighted by atomic mass is 15.1. The van der Waals surface area contributed by atoms with Gasteiger partial charge in [0.2, 0.25) is 0 Å². The van der Waals surface area contributed by atoms with Crippen LogP contribution in [0, 0.1) is 0 Å². The van der Waals surface area contributed by atoms with E-state index < -0.39 is 0 Å². The highest BCUT2D eigenvalue weighted by Gasteiger charge is 2.24. The minimum Gasteiger partial charge on any atom is -0.307 e. The Morgan fingerprint density at radius 3 is 1.25 bits per heavy atom. The Morgan fingerprint density at radius 2 is 0.647 bits per heavy atom. The molecule has 3 nitrogen and oxygen atoms in total. The SMILES string of the molecule is c1ccc(-c2ccc(-n3c4ccccc4c4cccc(-n5c6ccccc6c6ccc7c8ccccc8n(-c8ccccc8)c7c65)c43)cc2)cc1. The first-order valence-corrected chi connectivity index (χ1v) is 17.5.